The fourth-order valence-corrected chi connectivity index (χ4v) is 2.17. The minimum atomic E-state index is -0.848. The summed E-state index contributed by atoms with van der Waals surface area (Å²) in [6, 6.07) is 0.167. The number of halogens is 1. The van der Waals surface area contributed by atoms with Crippen LogP contribution in [0.2, 0.25) is 0 Å². The zero-order chi connectivity index (χ0) is 10.2. The number of nitrogens with zero attached hydrogens (tertiary/aromatic N) is 1. The molecule has 0 N–H and O–H groups in total. The Morgan fingerprint density at radius 3 is 2.15 bits per heavy atom. The molecule has 3 heteroatoms. The van der Waals surface area contributed by atoms with Crippen LogP contribution < -0.4 is 0 Å². The van der Waals surface area contributed by atoms with Crippen molar-refractivity contribution in [2.24, 2.45) is 0 Å². The van der Waals surface area contributed by atoms with Gasteiger partial charge in [0.15, 0.2) is 0 Å². The third kappa shape index (κ3) is 2.02. The highest BCUT2D eigenvalue weighted by Crippen LogP contribution is 2.29. The van der Waals surface area contributed by atoms with E-state index in [1.165, 1.54) is 0 Å². The predicted molar refractivity (Wildman–Crippen MR) is 51.6 cm³/mol. The van der Waals surface area contributed by atoms with Crippen LogP contribution in [0.15, 0.2) is 0 Å². The van der Waals surface area contributed by atoms with Gasteiger partial charge in [0.1, 0.15) is 12.3 Å². The number of likely N-dealkylation sites (tertiary alicyclic amines) is 1. The Morgan fingerprint density at radius 2 is 1.92 bits per heavy atom. The molecule has 1 aliphatic rings. The maximum absolute atomic E-state index is 13.5. The molecule has 1 heterocycles. The lowest BCUT2D eigenvalue weighted by atomic mass is 10.0. The van der Waals surface area contributed by atoms with Gasteiger partial charge in [-0.15, -0.1) is 0 Å². The van der Waals surface area contributed by atoms with Crippen molar-refractivity contribution in [2.45, 2.75) is 51.6 Å². The monoisotopic (exact) mass is 189 g/mol. The second-order valence-corrected chi connectivity index (χ2v) is 4.78. The summed E-state index contributed by atoms with van der Waals surface area (Å²) in [7, 11) is 1.58. The van der Waals surface area contributed by atoms with Gasteiger partial charge in [-0.05, 0) is 27.7 Å². The van der Waals surface area contributed by atoms with E-state index in [1.807, 2.05) is 6.92 Å². The van der Waals surface area contributed by atoms with Crippen LogP contribution in [0.25, 0.3) is 0 Å². The van der Waals surface area contributed by atoms with Crippen molar-refractivity contribution in [1.82, 2.24) is 4.90 Å². The van der Waals surface area contributed by atoms with Gasteiger partial charge in [0.2, 0.25) is 0 Å². The summed E-state index contributed by atoms with van der Waals surface area (Å²) in [5.41, 5.74) is 0.0248. The number of hydrogen-bond acceptors (Lipinski definition) is 2. The first-order valence-corrected chi connectivity index (χ1v) is 4.81. The smallest absolute Gasteiger partial charge is 0.140 e. The van der Waals surface area contributed by atoms with Crippen molar-refractivity contribution in [2.75, 3.05) is 13.7 Å². The Bertz CT molecular complexity index is 178. The first kappa shape index (κ1) is 10.9. The van der Waals surface area contributed by atoms with Crippen LogP contribution in [0, 0.1) is 0 Å². The first-order chi connectivity index (χ1) is 5.88. The third-order valence-electron chi connectivity index (χ3n) is 2.83. The molecule has 0 aromatic carbocycles. The third-order valence-corrected chi connectivity index (χ3v) is 2.83. The van der Waals surface area contributed by atoms with E-state index < -0.39 is 6.17 Å². The number of alkyl halides is 1. The molecule has 0 saturated carbocycles. The van der Waals surface area contributed by atoms with Crippen LogP contribution in [0.1, 0.15) is 27.7 Å². The highest BCUT2D eigenvalue weighted by Gasteiger charge is 2.43. The summed E-state index contributed by atoms with van der Waals surface area (Å²) in [6.45, 7) is 8.83. The normalized spacial score (nSPS) is 36.9. The van der Waals surface area contributed by atoms with E-state index in [0.29, 0.717) is 6.54 Å². The van der Waals surface area contributed by atoms with Crippen molar-refractivity contribution in [3.63, 3.8) is 0 Å². The Morgan fingerprint density at radius 1 is 1.38 bits per heavy atom. The molecule has 0 aromatic heterocycles. The van der Waals surface area contributed by atoms with Crippen LogP contribution in [-0.4, -0.2) is 42.4 Å². The van der Waals surface area contributed by atoms with E-state index in [2.05, 4.69) is 25.7 Å². The van der Waals surface area contributed by atoms with E-state index >= 15 is 0 Å². The maximum atomic E-state index is 13.5. The number of methoxy groups -OCH3 is 1. The zero-order valence-electron chi connectivity index (χ0n) is 9.17. The van der Waals surface area contributed by atoms with Gasteiger partial charge in [-0.1, -0.05) is 0 Å². The summed E-state index contributed by atoms with van der Waals surface area (Å²) >= 11 is 0. The highest BCUT2D eigenvalue weighted by atomic mass is 19.1. The Hall–Kier alpha value is -0.150. The average Bonchev–Trinajstić information content (AvgIpc) is 2.25. The largest absolute Gasteiger partial charge is 0.377 e. The molecule has 78 valence electrons. The molecule has 1 rings (SSSR count). The van der Waals surface area contributed by atoms with E-state index in [9.17, 15) is 4.39 Å². The molecule has 0 bridgehead atoms. The van der Waals surface area contributed by atoms with E-state index in [1.54, 1.807) is 7.11 Å². The van der Waals surface area contributed by atoms with Crippen LogP contribution in [0.4, 0.5) is 4.39 Å². The van der Waals surface area contributed by atoms with Gasteiger partial charge in [-0.25, -0.2) is 4.39 Å². The molecule has 2 nitrogen and oxygen atoms in total. The molecule has 1 aliphatic heterocycles. The number of rotatable bonds is 1. The molecule has 0 radical (unpaired) electrons. The van der Waals surface area contributed by atoms with E-state index in [-0.39, 0.29) is 17.7 Å². The molecule has 0 spiro atoms. The van der Waals surface area contributed by atoms with Crippen LogP contribution >= 0.6 is 0 Å². The molecule has 1 fully saturated rings. The molecular formula is C10H20FNO. The minimum Gasteiger partial charge on any atom is -0.377 e. The quantitative estimate of drug-likeness (QED) is 0.624. The molecule has 13 heavy (non-hydrogen) atoms. The van der Waals surface area contributed by atoms with Gasteiger partial charge in [-0.2, -0.15) is 0 Å². The Kier molecular flexibility index (Phi) is 2.98. The molecule has 0 unspecified atom stereocenters. The second-order valence-electron chi connectivity index (χ2n) is 4.78. The van der Waals surface area contributed by atoms with Crippen molar-refractivity contribution in [3.05, 3.63) is 0 Å². The van der Waals surface area contributed by atoms with Crippen LogP contribution in [-0.2, 0) is 4.74 Å². The average molecular weight is 189 g/mol. The standard InChI is InChI=1S/C10H20FNO/c1-7-9(13-5)8(11)6-12(7)10(2,3)4/h7-9H,6H2,1-5H3/t7-,8+,9+/m1/s1. The number of ether oxygens (including phenoxy) is 1. The summed E-state index contributed by atoms with van der Waals surface area (Å²) in [4.78, 5) is 2.16. The zero-order valence-corrected chi connectivity index (χ0v) is 9.17. The van der Waals surface area contributed by atoms with Crippen molar-refractivity contribution < 1.29 is 9.13 Å². The lowest BCUT2D eigenvalue weighted by molar-refractivity contribution is 0.0259. The van der Waals surface area contributed by atoms with Gasteiger partial charge in [0.25, 0.3) is 0 Å². The molecule has 1 saturated heterocycles. The summed E-state index contributed by atoms with van der Waals surface area (Å²) in [6.07, 6.45) is -1.11. The minimum absolute atomic E-state index is 0.0248. The SMILES string of the molecule is CO[C@H]1[C@@H](C)N(C(C)(C)C)C[C@@H]1F. The molecule has 0 aromatic rings. The second kappa shape index (κ2) is 3.54. The highest BCUT2D eigenvalue weighted by molar-refractivity contribution is 4.97. The van der Waals surface area contributed by atoms with E-state index in [4.69, 9.17) is 4.74 Å². The first-order valence-electron chi connectivity index (χ1n) is 4.81. The summed E-state index contributed by atoms with van der Waals surface area (Å²) < 4.78 is 18.6. The van der Waals surface area contributed by atoms with Gasteiger partial charge >= 0.3 is 0 Å². The molecular weight excluding hydrogens is 169 g/mol. The van der Waals surface area contributed by atoms with Crippen molar-refractivity contribution >= 4 is 0 Å². The fraction of sp³-hybridized carbons (Fsp3) is 1.00. The summed E-state index contributed by atoms with van der Waals surface area (Å²) in [5.74, 6) is 0. The van der Waals surface area contributed by atoms with Crippen LogP contribution in [0.5, 0.6) is 0 Å². The predicted octanol–water partition coefficient (Wildman–Crippen LogP) is 1.84. The van der Waals surface area contributed by atoms with Gasteiger partial charge < -0.3 is 4.74 Å². The molecule has 0 amide bonds. The molecule has 0 aliphatic carbocycles. The van der Waals surface area contributed by atoms with Gasteiger partial charge in [0, 0.05) is 25.2 Å². The Balaban J connectivity index is 2.73. The lowest BCUT2D eigenvalue weighted by Crippen LogP contribution is -2.45. The topological polar surface area (TPSA) is 12.5 Å². The summed E-state index contributed by atoms with van der Waals surface area (Å²) in [5, 5.41) is 0. The lowest BCUT2D eigenvalue weighted by Gasteiger charge is -2.35. The van der Waals surface area contributed by atoms with E-state index in [0.717, 1.165) is 0 Å². The van der Waals surface area contributed by atoms with Crippen molar-refractivity contribution in [1.29, 1.82) is 0 Å². The fourth-order valence-electron chi connectivity index (χ4n) is 2.17. The maximum Gasteiger partial charge on any atom is 0.140 e. The van der Waals surface area contributed by atoms with Crippen molar-refractivity contribution in [3.8, 4) is 0 Å². The van der Waals surface area contributed by atoms with Crippen LogP contribution in [0.3, 0.4) is 0 Å². The van der Waals surface area contributed by atoms with Gasteiger partial charge in [-0.3, -0.25) is 4.90 Å². The number of hydrogen-bond donors (Lipinski definition) is 0. The van der Waals surface area contributed by atoms with Gasteiger partial charge in [0.05, 0.1) is 0 Å². The molecule has 3 atom stereocenters. The Labute approximate surface area is 80.1 Å².